The fourth-order valence-corrected chi connectivity index (χ4v) is 1.77. The van der Waals surface area contributed by atoms with Crippen LogP contribution in [0.1, 0.15) is 21.9 Å². The van der Waals surface area contributed by atoms with Gasteiger partial charge in [-0.2, -0.15) is 0 Å². The molecule has 0 saturated heterocycles. The Kier molecular flexibility index (Phi) is 4.73. The van der Waals surface area contributed by atoms with Crippen LogP contribution in [0.5, 0.6) is 0 Å². The van der Waals surface area contributed by atoms with Crippen molar-refractivity contribution in [3.05, 3.63) is 71.1 Å². The summed E-state index contributed by atoms with van der Waals surface area (Å²) in [6.07, 6.45) is 1.12. The fraction of sp³-hybridized carbons (Fsp3) is 0.125. The van der Waals surface area contributed by atoms with Gasteiger partial charge in [0.25, 0.3) is 0 Å². The molecular formula is C16H13FO5. The minimum atomic E-state index is -1.01. The zero-order valence-electron chi connectivity index (χ0n) is 11.7. The number of hydrogen-bond acceptors (Lipinski definition) is 5. The van der Waals surface area contributed by atoms with Crippen molar-refractivity contribution in [3.63, 3.8) is 0 Å². The first-order chi connectivity index (χ1) is 10.5. The monoisotopic (exact) mass is 304 g/mol. The van der Waals surface area contributed by atoms with E-state index in [1.807, 2.05) is 0 Å². The predicted octanol–water partition coefficient (Wildman–Crippen LogP) is 2.81. The standard InChI is InChI=1S/C16H13FO5/c1-21-16(20)14(19)9-13(18)15-7-6-12(22-15)8-10-2-4-11(17)5-3-10/h2-7,9,19H,8H2,1H3/b14-9-. The number of hydrogen-bond donors (Lipinski definition) is 1. The number of carbonyl (C=O) groups excluding carboxylic acids is 2. The molecular weight excluding hydrogens is 291 g/mol. The molecule has 1 aromatic heterocycles. The predicted molar refractivity (Wildman–Crippen MR) is 75.0 cm³/mol. The molecule has 6 heteroatoms. The van der Waals surface area contributed by atoms with Crippen LogP contribution in [0.2, 0.25) is 0 Å². The van der Waals surface area contributed by atoms with Gasteiger partial charge in [0.15, 0.2) is 5.76 Å². The number of esters is 1. The maximum absolute atomic E-state index is 12.8. The molecule has 0 amide bonds. The van der Waals surface area contributed by atoms with Crippen LogP contribution in [0.15, 0.2) is 52.7 Å². The summed E-state index contributed by atoms with van der Waals surface area (Å²) in [5, 5.41) is 9.31. The number of furan rings is 1. The van der Waals surface area contributed by atoms with Crippen molar-refractivity contribution in [3.8, 4) is 0 Å². The van der Waals surface area contributed by atoms with Crippen LogP contribution in [0, 0.1) is 5.82 Å². The molecule has 114 valence electrons. The Morgan fingerprint density at radius 1 is 1.23 bits per heavy atom. The first-order valence-corrected chi connectivity index (χ1v) is 6.36. The number of ketones is 1. The van der Waals surface area contributed by atoms with Crippen LogP contribution in [-0.4, -0.2) is 24.0 Å². The number of carbonyl (C=O) groups is 2. The molecule has 5 nitrogen and oxygen atoms in total. The summed E-state index contributed by atoms with van der Waals surface area (Å²) in [4.78, 5) is 22.8. The molecule has 0 aliphatic heterocycles. The van der Waals surface area contributed by atoms with Gasteiger partial charge in [-0.3, -0.25) is 4.79 Å². The Bertz CT molecular complexity index is 712. The number of aliphatic hydroxyl groups is 1. The molecule has 22 heavy (non-hydrogen) atoms. The third kappa shape index (κ3) is 3.82. The van der Waals surface area contributed by atoms with Crippen LogP contribution < -0.4 is 0 Å². The SMILES string of the molecule is COC(=O)/C(O)=C/C(=O)c1ccc(Cc2ccc(F)cc2)o1. The topological polar surface area (TPSA) is 76.7 Å². The summed E-state index contributed by atoms with van der Waals surface area (Å²) in [5.74, 6) is -2.32. The van der Waals surface area contributed by atoms with Crippen LogP contribution >= 0.6 is 0 Å². The van der Waals surface area contributed by atoms with E-state index in [9.17, 15) is 19.1 Å². The van der Waals surface area contributed by atoms with E-state index in [0.29, 0.717) is 12.2 Å². The minimum absolute atomic E-state index is 0.0208. The first kappa shape index (κ1) is 15.5. The maximum Gasteiger partial charge on any atom is 0.373 e. The molecule has 0 spiro atoms. The molecule has 0 fully saturated rings. The number of benzene rings is 1. The number of aliphatic hydroxyl groups excluding tert-OH is 1. The molecule has 0 saturated carbocycles. The number of methoxy groups -OCH3 is 1. The van der Waals surface area contributed by atoms with Gasteiger partial charge in [0.05, 0.1) is 7.11 Å². The highest BCUT2D eigenvalue weighted by atomic mass is 19.1. The van der Waals surface area contributed by atoms with Gasteiger partial charge in [0.2, 0.25) is 11.5 Å². The van der Waals surface area contributed by atoms with Gasteiger partial charge >= 0.3 is 5.97 Å². The number of halogens is 1. The van der Waals surface area contributed by atoms with Crippen molar-refractivity contribution in [2.45, 2.75) is 6.42 Å². The lowest BCUT2D eigenvalue weighted by molar-refractivity contribution is -0.139. The van der Waals surface area contributed by atoms with Crippen LogP contribution in [0.25, 0.3) is 0 Å². The van der Waals surface area contributed by atoms with Gasteiger partial charge in [-0.25, -0.2) is 9.18 Å². The van der Waals surface area contributed by atoms with Crippen LogP contribution in [0.3, 0.4) is 0 Å². The van der Waals surface area contributed by atoms with E-state index in [1.165, 1.54) is 18.2 Å². The highest BCUT2D eigenvalue weighted by Gasteiger charge is 2.14. The number of ether oxygens (including phenoxy) is 1. The Balaban J connectivity index is 2.09. The Morgan fingerprint density at radius 2 is 1.91 bits per heavy atom. The lowest BCUT2D eigenvalue weighted by Gasteiger charge is -1.98. The van der Waals surface area contributed by atoms with Gasteiger partial charge in [-0.15, -0.1) is 0 Å². The third-order valence-corrected chi connectivity index (χ3v) is 2.86. The third-order valence-electron chi connectivity index (χ3n) is 2.86. The molecule has 0 bridgehead atoms. The molecule has 0 aliphatic rings. The van der Waals surface area contributed by atoms with E-state index in [0.717, 1.165) is 18.7 Å². The van der Waals surface area contributed by atoms with E-state index >= 15 is 0 Å². The zero-order chi connectivity index (χ0) is 16.1. The summed E-state index contributed by atoms with van der Waals surface area (Å²) in [6.45, 7) is 0. The zero-order valence-corrected chi connectivity index (χ0v) is 11.7. The summed E-state index contributed by atoms with van der Waals surface area (Å²) in [7, 11) is 1.09. The van der Waals surface area contributed by atoms with E-state index in [2.05, 4.69) is 4.74 Å². The number of rotatable bonds is 5. The van der Waals surface area contributed by atoms with Gasteiger partial charge in [-0.05, 0) is 29.8 Å². The highest BCUT2D eigenvalue weighted by molar-refractivity contribution is 6.06. The second-order valence-electron chi connectivity index (χ2n) is 4.45. The summed E-state index contributed by atoms with van der Waals surface area (Å²) in [6, 6.07) is 8.93. The molecule has 0 radical (unpaired) electrons. The van der Waals surface area contributed by atoms with Crippen molar-refractivity contribution >= 4 is 11.8 Å². The average Bonchev–Trinajstić information content (AvgIpc) is 2.97. The van der Waals surface area contributed by atoms with Crippen LogP contribution in [0.4, 0.5) is 4.39 Å². The second kappa shape index (κ2) is 6.71. The average molecular weight is 304 g/mol. The van der Waals surface area contributed by atoms with E-state index in [4.69, 9.17) is 4.42 Å². The Labute approximate surface area is 125 Å². The molecule has 0 atom stereocenters. The van der Waals surface area contributed by atoms with Crippen molar-refractivity contribution in [2.75, 3.05) is 7.11 Å². The molecule has 1 N–H and O–H groups in total. The Hall–Kier alpha value is -2.89. The largest absolute Gasteiger partial charge is 0.502 e. The highest BCUT2D eigenvalue weighted by Crippen LogP contribution is 2.15. The van der Waals surface area contributed by atoms with Crippen LogP contribution in [-0.2, 0) is 16.0 Å². The van der Waals surface area contributed by atoms with Gasteiger partial charge in [0.1, 0.15) is 11.6 Å². The first-order valence-electron chi connectivity index (χ1n) is 6.36. The van der Waals surface area contributed by atoms with Gasteiger partial charge in [0, 0.05) is 12.5 Å². The molecule has 0 unspecified atom stereocenters. The second-order valence-corrected chi connectivity index (χ2v) is 4.45. The van der Waals surface area contributed by atoms with Crippen molar-refractivity contribution in [1.29, 1.82) is 0 Å². The molecule has 0 aliphatic carbocycles. The van der Waals surface area contributed by atoms with E-state index in [-0.39, 0.29) is 11.6 Å². The van der Waals surface area contributed by atoms with Gasteiger partial charge in [-0.1, -0.05) is 12.1 Å². The molecule has 1 aromatic carbocycles. The summed E-state index contributed by atoms with van der Waals surface area (Å²) in [5.41, 5.74) is 0.822. The number of allylic oxidation sites excluding steroid dienone is 1. The lowest BCUT2D eigenvalue weighted by atomic mass is 10.1. The van der Waals surface area contributed by atoms with Crippen molar-refractivity contribution in [1.82, 2.24) is 0 Å². The van der Waals surface area contributed by atoms with E-state index in [1.54, 1.807) is 18.2 Å². The van der Waals surface area contributed by atoms with Gasteiger partial charge < -0.3 is 14.3 Å². The quantitative estimate of drug-likeness (QED) is 0.398. The maximum atomic E-state index is 12.8. The minimum Gasteiger partial charge on any atom is -0.502 e. The van der Waals surface area contributed by atoms with Crippen molar-refractivity contribution in [2.24, 2.45) is 0 Å². The van der Waals surface area contributed by atoms with Crippen molar-refractivity contribution < 1.29 is 28.2 Å². The normalized spacial score (nSPS) is 11.3. The molecule has 2 rings (SSSR count). The van der Waals surface area contributed by atoms with E-state index < -0.39 is 17.5 Å². The fourth-order valence-electron chi connectivity index (χ4n) is 1.77. The smallest absolute Gasteiger partial charge is 0.373 e. The molecule has 1 heterocycles. The lowest BCUT2D eigenvalue weighted by Crippen LogP contribution is -2.06. The summed E-state index contributed by atoms with van der Waals surface area (Å²) < 4.78 is 22.4. The molecule has 2 aromatic rings. The summed E-state index contributed by atoms with van der Waals surface area (Å²) >= 11 is 0. The Morgan fingerprint density at radius 3 is 2.55 bits per heavy atom.